The molecule has 1 heterocycles. The van der Waals surface area contributed by atoms with E-state index in [1.807, 2.05) is 32.0 Å². The van der Waals surface area contributed by atoms with Gasteiger partial charge in [0, 0.05) is 12.0 Å². The summed E-state index contributed by atoms with van der Waals surface area (Å²) in [5.41, 5.74) is 0.812. The van der Waals surface area contributed by atoms with Crippen molar-refractivity contribution in [2.75, 3.05) is 19.8 Å². The van der Waals surface area contributed by atoms with Crippen molar-refractivity contribution in [1.82, 2.24) is 4.72 Å². The summed E-state index contributed by atoms with van der Waals surface area (Å²) in [7, 11) is -3.88. The molecule has 0 fully saturated rings. The Morgan fingerprint density at radius 1 is 1.17 bits per heavy atom. The number of ether oxygens (including phenoxy) is 3. The second kappa shape index (κ2) is 8.94. The Labute approximate surface area is 176 Å². The Morgan fingerprint density at radius 2 is 1.97 bits per heavy atom. The second-order valence-electron chi connectivity index (χ2n) is 7.27. The molecule has 1 aliphatic heterocycles. The maximum absolute atomic E-state index is 13.9. The third kappa shape index (κ3) is 5.23. The molecule has 0 amide bonds. The van der Waals surface area contributed by atoms with Gasteiger partial charge in [-0.1, -0.05) is 24.0 Å². The van der Waals surface area contributed by atoms with Gasteiger partial charge in [-0.3, -0.25) is 0 Å². The molecule has 6 nitrogen and oxygen atoms in total. The van der Waals surface area contributed by atoms with Gasteiger partial charge < -0.3 is 14.2 Å². The lowest BCUT2D eigenvalue weighted by molar-refractivity contribution is 0.133. The molecule has 0 aliphatic carbocycles. The zero-order chi connectivity index (χ0) is 21.8. The molecule has 0 atom stereocenters. The molecule has 1 N–H and O–H groups in total. The minimum Gasteiger partial charge on any atom is -0.491 e. The Morgan fingerprint density at radius 3 is 2.70 bits per heavy atom. The number of hydrogen-bond donors (Lipinski definition) is 1. The minimum absolute atomic E-state index is 0.00755. The highest BCUT2D eigenvalue weighted by molar-refractivity contribution is 7.89. The third-order valence-electron chi connectivity index (χ3n) is 4.34. The van der Waals surface area contributed by atoms with E-state index in [0.29, 0.717) is 5.75 Å². The lowest BCUT2D eigenvalue weighted by Gasteiger charge is -2.17. The predicted octanol–water partition coefficient (Wildman–Crippen LogP) is 3.30. The van der Waals surface area contributed by atoms with E-state index in [0.717, 1.165) is 23.8 Å². The van der Waals surface area contributed by atoms with Gasteiger partial charge in [0.25, 0.3) is 0 Å². The van der Waals surface area contributed by atoms with Crippen molar-refractivity contribution < 1.29 is 27.0 Å². The highest BCUT2D eigenvalue weighted by atomic mass is 32.2. The zero-order valence-corrected chi connectivity index (χ0v) is 17.9. The normalized spacial score (nSPS) is 14.3. The fraction of sp³-hybridized carbons (Fsp3) is 0.364. The van der Waals surface area contributed by atoms with Crippen LogP contribution in [0.25, 0.3) is 0 Å². The summed E-state index contributed by atoms with van der Waals surface area (Å²) >= 11 is 0. The van der Waals surface area contributed by atoms with Gasteiger partial charge in [0.15, 0.2) is 23.1 Å². The number of hydrogen-bond acceptors (Lipinski definition) is 5. The van der Waals surface area contributed by atoms with Crippen LogP contribution in [-0.2, 0) is 16.4 Å². The molecule has 30 heavy (non-hydrogen) atoms. The minimum atomic E-state index is -3.88. The van der Waals surface area contributed by atoms with E-state index >= 15 is 0 Å². The topological polar surface area (TPSA) is 73.9 Å². The van der Waals surface area contributed by atoms with E-state index in [4.69, 9.17) is 14.2 Å². The standard InChI is InChI=1S/C22H24FNO5S/c1-4-27-19-11-10-17(14-18(19)23)30(25,26)24-12-5-6-13-28-20-9-7-8-16-15-22(2,3)29-21(16)20/h7-11,14,24H,4,12-13,15H2,1-3H3. The molecule has 2 aromatic rings. The van der Waals surface area contributed by atoms with Crippen molar-refractivity contribution >= 4 is 10.0 Å². The SMILES string of the molecule is CCOc1ccc(S(=O)(=O)NCC#CCOc2cccc3c2OC(C)(C)C3)cc1F. The fourth-order valence-corrected chi connectivity index (χ4v) is 4.00. The van der Waals surface area contributed by atoms with Crippen molar-refractivity contribution in [2.45, 2.75) is 37.7 Å². The monoisotopic (exact) mass is 433 g/mol. The van der Waals surface area contributed by atoms with Crippen molar-refractivity contribution in [3.8, 4) is 29.1 Å². The third-order valence-corrected chi connectivity index (χ3v) is 5.74. The molecule has 0 bridgehead atoms. The Hall–Kier alpha value is -2.76. The van der Waals surface area contributed by atoms with E-state index in [1.54, 1.807) is 6.92 Å². The van der Waals surface area contributed by atoms with E-state index in [1.165, 1.54) is 12.1 Å². The number of fused-ring (bicyclic) bond motifs is 1. The Bertz CT molecular complexity index is 1090. The first-order chi connectivity index (χ1) is 14.2. The number of rotatable bonds is 7. The van der Waals surface area contributed by atoms with Crippen LogP contribution in [0.1, 0.15) is 26.3 Å². The summed E-state index contributed by atoms with van der Waals surface area (Å²) < 4.78 is 57.4. The van der Waals surface area contributed by atoms with Crippen LogP contribution in [0.4, 0.5) is 4.39 Å². The molecule has 1 aliphatic rings. The lowest BCUT2D eigenvalue weighted by atomic mass is 10.0. The average Bonchev–Trinajstić information content (AvgIpc) is 3.00. The van der Waals surface area contributed by atoms with E-state index in [9.17, 15) is 12.8 Å². The maximum atomic E-state index is 13.9. The van der Waals surface area contributed by atoms with E-state index < -0.39 is 15.8 Å². The molecule has 0 aromatic heterocycles. The summed E-state index contributed by atoms with van der Waals surface area (Å²) in [5.74, 6) is 6.05. The maximum Gasteiger partial charge on any atom is 0.241 e. The van der Waals surface area contributed by atoms with Crippen molar-refractivity contribution in [1.29, 1.82) is 0 Å². The molecule has 8 heteroatoms. The number of sulfonamides is 1. The van der Waals surface area contributed by atoms with Gasteiger partial charge in [0.05, 0.1) is 18.0 Å². The summed E-state index contributed by atoms with van der Waals surface area (Å²) in [6.07, 6.45) is 0.805. The van der Waals surface area contributed by atoms with Crippen molar-refractivity contribution in [3.05, 3.63) is 47.8 Å². The van der Waals surface area contributed by atoms with Crippen molar-refractivity contribution in [3.63, 3.8) is 0 Å². The first-order valence-electron chi connectivity index (χ1n) is 9.53. The number of benzene rings is 2. The molecular weight excluding hydrogens is 409 g/mol. The van der Waals surface area contributed by atoms with Crippen LogP contribution in [0.2, 0.25) is 0 Å². The quantitative estimate of drug-likeness (QED) is 0.679. The Balaban J connectivity index is 1.54. The highest BCUT2D eigenvalue weighted by Gasteiger charge is 2.32. The molecule has 0 saturated heterocycles. The lowest BCUT2D eigenvalue weighted by Crippen LogP contribution is -2.24. The van der Waals surface area contributed by atoms with Crippen LogP contribution in [0.15, 0.2) is 41.3 Å². The summed E-state index contributed by atoms with van der Waals surface area (Å²) in [6.45, 7) is 5.98. The van der Waals surface area contributed by atoms with Gasteiger partial charge in [-0.25, -0.2) is 12.8 Å². The van der Waals surface area contributed by atoms with Crippen LogP contribution in [0.3, 0.4) is 0 Å². The van der Waals surface area contributed by atoms with Crippen LogP contribution >= 0.6 is 0 Å². The molecular formula is C22H24FNO5S. The van der Waals surface area contributed by atoms with E-state index in [2.05, 4.69) is 16.6 Å². The number of nitrogens with one attached hydrogen (secondary N) is 1. The molecule has 160 valence electrons. The van der Waals surface area contributed by atoms with E-state index in [-0.39, 0.29) is 36.0 Å². The summed E-state index contributed by atoms with van der Waals surface area (Å²) in [5, 5.41) is 0. The number of halogens is 1. The fourth-order valence-electron chi connectivity index (χ4n) is 3.06. The zero-order valence-electron chi connectivity index (χ0n) is 17.1. The van der Waals surface area contributed by atoms with Crippen LogP contribution < -0.4 is 18.9 Å². The smallest absolute Gasteiger partial charge is 0.241 e. The van der Waals surface area contributed by atoms with Gasteiger partial charge >= 0.3 is 0 Å². The summed E-state index contributed by atoms with van der Waals surface area (Å²) in [4.78, 5) is -0.193. The average molecular weight is 434 g/mol. The Kier molecular flexibility index (Phi) is 6.54. The molecule has 3 rings (SSSR count). The largest absolute Gasteiger partial charge is 0.491 e. The van der Waals surface area contributed by atoms with Crippen LogP contribution in [0, 0.1) is 17.7 Å². The molecule has 0 saturated carbocycles. The molecule has 0 unspecified atom stereocenters. The van der Waals surface area contributed by atoms with Crippen LogP contribution in [-0.4, -0.2) is 33.8 Å². The van der Waals surface area contributed by atoms with Gasteiger partial charge in [0.2, 0.25) is 10.0 Å². The number of para-hydroxylation sites is 1. The van der Waals surface area contributed by atoms with Gasteiger partial charge in [-0.05, 0) is 45.0 Å². The predicted molar refractivity (Wildman–Crippen MR) is 111 cm³/mol. The van der Waals surface area contributed by atoms with Gasteiger partial charge in [0.1, 0.15) is 12.2 Å². The first kappa shape index (κ1) is 21.9. The molecule has 2 aromatic carbocycles. The van der Waals surface area contributed by atoms with Crippen LogP contribution in [0.5, 0.6) is 17.2 Å². The molecule has 0 spiro atoms. The highest BCUT2D eigenvalue weighted by Crippen LogP contribution is 2.41. The molecule has 0 radical (unpaired) electrons. The second-order valence-corrected chi connectivity index (χ2v) is 9.04. The van der Waals surface area contributed by atoms with Gasteiger partial charge in [-0.15, -0.1) is 0 Å². The van der Waals surface area contributed by atoms with Crippen molar-refractivity contribution in [2.24, 2.45) is 0 Å². The summed E-state index contributed by atoms with van der Waals surface area (Å²) in [6, 6.07) is 9.20. The first-order valence-corrected chi connectivity index (χ1v) is 11.0. The van der Waals surface area contributed by atoms with Gasteiger partial charge in [-0.2, -0.15) is 4.72 Å².